The van der Waals surface area contributed by atoms with Gasteiger partial charge in [0.2, 0.25) is 35.4 Å². The number of halogens is 8. The van der Waals surface area contributed by atoms with Crippen molar-refractivity contribution >= 4 is 63.0 Å². The predicted octanol–water partition coefficient (Wildman–Crippen LogP) is 6.45. The zero-order chi connectivity index (χ0) is 46.8. The van der Waals surface area contributed by atoms with Gasteiger partial charge >= 0.3 is 6.18 Å². The van der Waals surface area contributed by atoms with Crippen LogP contribution in [0.3, 0.4) is 0 Å². The average Bonchev–Trinajstić information content (AvgIpc) is 3.96. The monoisotopic (exact) mass is 982 g/mol. The zero-order valence-electron chi connectivity index (χ0n) is 36.2. The standard InChI is InChI=1S/C43H58BrClF6N6O6/c1-24(2)17-30-37(60)56(5)33(19-26-18-27(45)14-15-29(26)44)38(61)54(3)16-10-8-6-7-9-11-31(35(58)52-30)55(4)39(62)34(25-12-13-25)53-36(59)32-20-28(46)21-57(32)40(63)41(43(49,50)51)22-42(47,48)23-41/h14-15,18,24-25,28,30-34H,6-13,16-17,19-23H2,1-5H3,(H,52,58)(H,53,59)/t28-,30+,31+,32+,33+,34+/m1/s1. The fraction of sp³-hybridized carbons (Fsp3) is 0.721. The topological polar surface area (TPSA) is 139 Å². The van der Waals surface area contributed by atoms with Crippen LogP contribution < -0.4 is 10.6 Å². The highest BCUT2D eigenvalue weighted by atomic mass is 79.9. The predicted molar refractivity (Wildman–Crippen MR) is 225 cm³/mol. The summed E-state index contributed by atoms with van der Waals surface area (Å²) in [5.41, 5.74) is -2.79. The van der Waals surface area contributed by atoms with E-state index in [1.165, 1.54) is 23.9 Å². The van der Waals surface area contributed by atoms with Crippen LogP contribution in [0.5, 0.6) is 0 Å². The summed E-state index contributed by atoms with van der Waals surface area (Å²) in [5, 5.41) is 5.83. The van der Waals surface area contributed by atoms with Gasteiger partial charge in [-0.25, -0.2) is 13.2 Å². The third-order valence-electron chi connectivity index (χ3n) is 12.9. The van der Waals surface area contributed by atoms with Crippen molar-refractivity contribution in [3.05, 3.63) is 33.3 Å². The van der Waals surface area contributed by atoms with Crippen LogP contribution in [0, 0.1) is 17.3 Å². The number of hydrogen-bond donors (Lipinski definition) is 2. The summed E-state index contributed by atoms with van der Waals surface area (Å²) in [6, 6.07) is -1.23. The zero-order valence-corrected chi connectivity index (χ0v) is 38.6. The van der Waals surface area contributed by atoms with Gasteiger partial charge in [-0.3, -0.25) is 28.8 Å². The molecule has 2 aliphatic carbocycles. The number of carbonyl (C=O) groups is 6. The molecule has 1 aromatic rings. The molecule has 6 atom stereocenters. The van der Waals surface area contributed by atoms with Crippen LogP contribution in [0.1, 0.15) is 96.5 Å². The number of benzene rings is 1. The molecule has 2 saturated heterocycles. The van der Waals surface area contributed by atoms with Gasteiger partial charge in [0.25, 0.3) is 5.92 Å². The molecule has 12 nitrogen and oxygen atoms in total. The number of rotatable bonds is 10. The highest BCUT2D eigenvalue weighted by molar-refractivity contribution is 9.10. The molecule has 4 aliphatic rings. The minimum atomic E-state index is -5.39. The SMILES string of the molecule is CC(C)C[C@@H]1NC(=O)[C@@H](N(C)C(=O)[C@@H](NC(=O)[C@@H]2C[C@@H](F)CN2C(=O)C2(C(F)(F)F)CC(F)(F)C2)C2CC2)CCCCCCCN(C)C(=O)[C@H](Cc2cc(Cl)ccc2Br)N(C)C1=O. The molecule has 0 radical (unpaired) electrons. The normalized spacial score (nSPS) is 26.9. The molecule has 4 fully saturated rings. The van der Waals surface area contributed by atoms with E-state index < -0.39 is 115 Å². The maximum absolute atomic E-state index is 14.8. The van der Waals surface area contributed by atoms with Gasteiger partial charge in [-0.2, -0.15) is 13.2 Å². The fourth-order valence-electron chi connectivity index (χ4n) is 9.01. The van der Waals surface area contributed by atoms with Gasteiger partial charge < -0.3 is 30.2 Å². The van der Waals surface area contributed by atoms with Gasteiger partial charge in [0, 0.05) is 62.9 Å². The van der Waals surface area contributed by atoms with Crippen molar-refractivity contribution in [2.75, 3.05) is 34.2 Å². The van der Waals surface area contributed by atoms with Gasteiger partial charge in [-0.15, -0.1) is 0 Å². The summed E-state index contributed by atoms with van der Waals surface area (Å²) in [7, 11) is 4.57. The largest absolute Gasteiger partial charge is 0.403 e. The summed E-state index contributed by atoms with van der Waals surface area (Å²) in [6.45, 7) is 3.25. The number of nitrogens with one attached hydrogen (secondary N) is 2. The molecule has 5 rings (SSSR count). The first kappa shape index (κ1) is 50.4. The van der Waals surface area contributed by atoms with E-state index in [1.807, 2.05) is 13.8 Å². The van der Waals surface area contributed by atoms with Crippen LogP contribution in [0.4, 0.5) is 26.3 Å². The minimum absolute atomic E-state index is 0.109. The van der Waals surface area contributed by atoms with Gasteiger partial charge in [0.05, 0.1) is 6.54 Å². The van der Waals surface area contributed by atoms with Gasteiger partial charge in [-0.1, -0.05) is 67.1 Å². The van der Waals surface area contributed by atoms with Crippen LogP contribution in [0.15, 0.2) is 22.7 Å². The highest BCUT2D eigenvalue weighted by Gasteiger charge is 2.75. The third-order valence-corrected chi connectivity index (χ3v) is 13.9. The molecule has 0 spiro atoms. The molecule has 63 heavy (non-hydrogen) atoms. The Morgan fingerprint density at radius 1 is 1.00 bits per heavy atom. The van der Waals surface area contributed by atoms with Crippen molar-refractivity contribution in [3.8, 4) is 0 Å². The first-order valence-corrected chi connectivity index (χ1v) is 22.8. The van der Waals surface area contributed by atoms with Crippen molar-refractivity contribution in [2.45, 2.75) is 146 Å². The number of nitrogens with zero attached hydrogens (tertiary/aromatic N) is 4. The molecule has 0 bridgehead atoms. The lowest BCUT2D eigenvalue weighted by atomic mass is 9.64. The van der Waals surface area contributed by atoms with Crippen molar-refractivity contribution in [3.63, 3.8) is 0 Å². The van der Waals surface area contributed by atoms with E-state index in [9.17, 15) is 55.1 Å². The summed E-state index contributed by atoms with van der Waals surface area (Å²) < 4.78 is 85.7. The molecular weight excluding hydrogens is 926 g/mol. The minimum Gasteiger partial charge on any atom is -0.344 e. The van der Waals surface area contributed by atoms with Crippen LogP contribution in [-0.2, 0) is 35.2 Å². The smallest absolute Gasteiger partial charge is 0.344 e. The molecule has 352 valence electrons. The first-order valence-electron chi connectivity index (χ1n) is 21.6. The Kier molecular flexibility index (Phi) is 16.2. The van der Waals surface area contributed by atoms with Crippen molar-refractivity contribution < 1.29 is 55.1 Å². The van der Waals surface area contributed by atoms with Crippen LogP contribution in [0.2, 0.25) is 5.02 Å². The van der Waals surface area contributed by atoms with E-state index in [0.29, 0.717) is 58.6 Å². The van der Waals surface area contributed by atoms with E-state index in [0.717, 1.165) is 12.8 Å². The molecule has 2 aliphatic heterocycles. The lowest BCUT2D eigenvalue weighted by molar-refractivity contribution is -0.299. The number of likely N-dealkylation sites (tertiary alicyclic amines) is 1. The molecule has 1 aromatic carbocycles. The summed E-state index contributed by atoms with van der Waals surface area (Å²) in [6.07, 6.45) is -6.95. The molecular formula is C43H58BrClF6N6O6. The average molecular weight is 984 g/mol. The quantitative estimate of drug-likeness (QED) is 0.259. The van der Waals surface area contributed by atoms with E-state index >= 15 is 0 Å². The number of amides is 6. The van der Waals surface area contributed by atoms with Gasteiger partial charge in [0.1, 0.15) is 36.4 Å². The number of alkyl halides is 6. The second kappa shape index (κ2) is 20.3. The third kappa shape index (κ3) is 11.8. The van der Waals surface area contributed by atoms with E-state index in [2.05, 4.69) is 26.6 Å². The molecule has 2 saturated carbocycles. The van der Waals surface area contributed by atoms with E-state index in [-0.39, 0.29) is 31.1 Å². The van der Waals surface area contributed by atoms with E-state index in [1.54, 1.807) is 30.1 Å². The van der Waals surface area contributed by atoms with Crippen LogP contribution >= 0.6 is 27.5 Å². The highest BCUT2D eigenvalue weighted by Crippen LogP contribution is 2.61. The number of likely N-dealkylation sites (N-methyl/N-ethyl adjacent to an activating group) is 3. The second-order valence-corrected chi connectivity index (χ2v) is 19.6. The van der Waals surface area contributed by atoms with Crippen molar-refractivity contribution in [1.29, 1.82) is 0 Å². The molecule has 0 aromatic heterocycles. The van der Waals surface area contributed by atoms with Crippen molar-refractivity contribution in [1.82, 2.24) is 30.2 Å². The molecule has 20 heteroatoms. The van der Waals surface area contributed by atoms with E-state index in [4.69, 9.17) is 11.6 Å². The summed E-state index contributed by atoms with van der Waals surface area (Å²) in [5.74, 6) is -9.47. The maximum atomic E-state index is 14.8. The summed E-state index contributed by atoms with van der Waals surface area (Å²) in [4.78, 5) is 89.0. The lowest BCUT2D eigenvalue weighted by Crippen LogP contribution is -2.65. The maximum Gasteiger partial charge on any atom is 0.403 e. The molecule has 2 N–H and O–H groups in total. The lowest BCUT2D eigenvalue weighted by Gasteiger charge is -2.48. The number of hydrogen-bond acceptors (Lipinski definition) is 6. The van der Waals surface area contributed by atoms with Crippen LogP contribution in [0.25, 0.3) is 0 Å². The Morgan fingerprint density at radius 2 is 1.63 bits per heavy atom. The Morgan fingerprint density at radius 3 is 2.24 bits per heavy atom. The Balaban J connectivity index is 1.39. The first-order chi connectivity index (χ1) is 29.4. The molecule has 2 heterocycles. The molecule has 6 amide bonds. The Hall–Kier alpha value is -3.61. The summed E-state index contributed by atoms with van der Waals surface area (Å²) >= 11 is 9.84. The Labute approximate surface area is 377 Å². The second-order valence-electron chi connectivity index (χ2n) is 18.3. The number of carbonyl (C=O) groups excluding carboxylic acids is 6. The van der Waals surface area contributed by atoms with Gasteiger partial charge in [-0.05, 0) is 67.7 Å². The van der Waals surface area contributed by atoms with Crippen LogP contribution in [-0.4, -0.2) is 138 Å². The molecule has 0 unspecified atom stereocenters. The fourth-order valence-corrected chi connectivity index (χ4v) is 9.61. The van der Waals surface area contributed by atoms with Gasteiger partial charge in [0.15, 0.2) is 5.41 Å². The van der Waals surface area contributed by atoms with Crippen molar-refractivity contribution in [2.24, 2.45) is 17.3 Å². The Bertz CT molecular complexity index is 1880.